The molecule has 0 saturated carbocycles. The minimum atomic E-state index is -0.116. The number of amides is 1. The van der Waals surface area contributed by atoms with Gasteiger partial charge in [-0.25, -0.2) is 0 Å². The van der Waals surface area contributed by atoms with E-state index in [1.54, 1.807) is 6.08 Å². The SMILES string of the molecule is O=C(C=Cc1ccccc1)NCCCl. The number of hydrogen-bond acceptors (Lipinski definition) is 1. The summed E-state index contributed by atoms with van der Waals surface area (Å²) in [6.45, 7) is 0.500. The van der Waals surface area contributed by atoms with Gasteiger partial charge in [-0.3, -0.25) is 4.79 Å². The first-order chi connectivity index (χ1) is 6.83. The van der Waals surface area contributed by atoms with E-state index in [9.17, 15) is 4.79 Å². The summed E-state index contributed by atoms with van der Waals surface area (Å²) in [4.78, 5) is 11.1. The highest BCUT2D eigenvalue weighted by atomic mass is 35.5. The first-order valence-electron chi connectivity index (χ1n) is 4.40. The van der Waals surface area contributed by atoms with Crippen molar-refractivity contribution in [2.45, 2.75) is 0 Å². The second kappa shape index (κ2) is 6.22. The van der Waals surface area contributed by atoms with Gasteiger partial charge in [-0.15, -0.1) is 11.6 Å². The van der Waals surface area contributed by atoms with E-state index in [0.29, 0.717) is 12.4 Å². The van der Waals surface area contributed by atoms with Crippen molar-refractivity contribution in [2.75, 3.05) is 12.4 Å². The highest BCUT2D eigenvalue weighted by Crippen LogP contribution is 2.00. The molecule has 1 aromatic carbocycles. The molecule has 1 N–H and O–H groups in total. The maximum Gasteiger partial charge on any atom is 0.244 e. The Morgan fingerprint density at radius 1 is 1.36 bits per heavy atom. The van der Waals surface area contributed by atoms with E-state index < -0.39 is 0 Å². The van der Waals surface area contributed by atoms with Gasteiger partial charge in [-0.2, -0.15) is 0 Å². The summed E-state index contributed by atoms with van der Waals surface area (Å²) in [5.74, 6) is 0.319. The predicted octanol–water partition coefficient (Wildman–Crippen LogP) is 2.05. The fourth-order valence-electron chi connectivity index (χ4n) is 0.965. The van der Waals surface area contributed by atoms with Crippen molar-refractivity contribution in [3.63, 3.8) is 0 Å². The summed E-state index contributed by atoms with van der Waals surface area (Å²) >= 11 is 5.42. The van der Waals surface area contributed by atoms with E-state index in [4.69, 9.17) is 11.6 Å². The molecule has 0 aliphatic carbocycles. The Morgan fingerprint density at radius 2 is 2.07 bits per heavy atom. The minimum absolute atomic E-state index is 0.116. The monoisotopic (exact) mass is 209 g/mol. The summed E-state index contributed by atoms with van der Waals surface area (Å²) < 4.78 is 0. The number of nitrogens with one attached hydrogen (secondary N) is 1. The fraction of sp³-hybridized carbons (Fsp3) is 0.182. The third-order valence-electron chi connectivity index (χ3n) is 1.62. The van der Waals surface area contributed by atoms with Gasteiger partial charge < -0.3 is 5.32 Å². The highest BCUT2D eigenvalue weighted by Gasteiger charge is 1.92. The van der Waals surface area contributed by atoms with Gasteiger partial charge in [-0.1, -0.05) is 30.3 Å². The van der Waals surface area contributed by atoms with Crippen molar-refractivity contribution in [1.82, 2.24) is 5.32 Å². The Hall–Kier alpha value is -1.28. The van der Waals surface area contributed by atoms with Crippen LogP contribution in [0.15, 0.2) is 36.4 Å². The second-order valence-corrected chi connectivity index (χ2v) is 3.10. The quantitative estimate of drug-likeness (QED) is 0.597. The molecule has 0 radical (unpaired) electrons. The number of carbonyl (C=O) groups excluding carboxylic acids is 1. The largest absolute Gasteiger partial charge is 0.351 e. The van der Waals surface area contributed by atoms with E-state index in [1.165, 1.54) is 6.08 Å². The number of carbonyl (C=O) groups is 1. The molecule has 0 aliphatic heterocycles. The smallest absolute Gasteiger partial charge is 0.244 e. The summed E-state index contributed by atoms with van der Waals surface area (Å²) in [5, 5.41) is 2.64. The Labute approximate surface area is 88.6 Å². The van der Waals surface area contributed by atoms with Crippen molar-refractivity contribution < 1.29 is 4.79 Å². The van der Waals surface area contributed by atoms with Crippen molar-refractivity contribution >= 4 is 23.6 Å². The standard InChI is InChI=1S/C11H12ClNO/c12-8-9-13-11(14)7-6-10-4-2-1-3-5-10/h1-7H,8-9H2,(H,13,14). The molecule has 1 rings (SSSR count). The van der Waals surface area contributed by atoms with Crippen molar-refractivity contribution in [2.24, 2.45) is 0 Å². The van der Waals surface area contributed by atoms with Crippen molar-refractivity contribution in [1.29, 1.82) is 0 Å². The molecule has 2 nitrogen and oxygen atoms in total. The third kappa shape index (κ3) is 4.10. The van der Waals surface area contributed by atoms with Crippen LogP contribution in [-0.2, 0) is 4.79 Å². The van der Waals surface area contributed by atoms with Crippen LogP contribution in [0.25, 0.3) is 6.08 Å². The zero-order valence-corrected chi connectivity index (χ0v) is 8.50. The van der Waals surface area contributed by atoms with Gasteiger partial charge in [0.25, 0.3) is 0 Å². The third-order valence-corrected chi connectivity index (χ3v) is 1.81. The van der Waals surface area contributed by atoms with Gasteiger partial charge in [0, 0.05) is 18.5 Å². The summed E-state index contributed by atoms with van der Waals surface area (Å²) in [6, 6.07) is 9.66. The zero-order valence-electron chi connectivity index (χ0n) is 7.74. The molecule has 0 atom stereocenters. The topological polar surface area (TPSA) is 29.1 Å². The van der Waals surface area contributed by atoms with Crippen molar-refractivity contribution in [3.8, 4) is 0 Å². The van der Waals surface area contributed by atoms with Crippen LogP contribution in [0, 0.1) is 0 Å². The number of hydrogen-bond donors (Lipinski definition) is 1. The van der Waals surface area contributed by atoms with Crippen LogP contribution in [-0.4, -0.2) is 18.3 Å². The summed E-state index contributed by atoms with van der Waals surface area (Å²) in [6.07, 6.45) is 3.27. The lowest BCUT2D eigenvalue weighted by Gasteiger charge is -1.96. The number of benzene rings is 1. The average molecular weight is 210 g/mol. The summed E-state index contributed by atoms with van der Waals surface area (Å²) in [5.41, 5.74) is 1.01. The lowest BCUT2D eigenvalue weighted by Crippen LogP contribution is -2.22. The molecule has 3 heteroatoms. The normalized spacial score (nSPS) is 10.4. The molecule has 0 bridgehead atoms. The molecule has 0 spiro atoms. The van der Waals surface area contributed by atoms with Gasteiger partial charge in [0.05, 0.1) is 0 Å². The lowest BCUT2D eigenvalue weighted by atomic mass is 10.2. The first kappa shape index (κ1) is 10.8. The molecular weight excluding hydrogens is 198 g/mol. The minimum Gasteiger partial charge on any atom is -0.351 e. The van der Waals surface area contributed by atoms with E-state index in [2.05, 4.69) is 5.32 Å². The van der Waals surface area contributed by atoms with E-state index in [0.717, 1.165) is 5.56 Å². The van der Waals surface area contributed by atoms with Crippen LogP contribution in [0.1, 0.15) is 5.56 Å². The zero-order chi connectivity index (χ0) is 10.2. The molecule has 0 aliphatic rings. The van der Waals surface area contributed by atoms with E-state index in [1.807, 2.05) is 30.3 Å². The second-order valence-electron chi connectivity index (χ2n) is 2.72. The van der Waals surface area contributed by atoms with Crippen LogP contribution >= 0.6 is 11.6 Å². The Bertz CT molecular complexity index is 308. The average Bonchev–Trinajstić information content (AvgIpc) is 2.25. The van der Waals surface area contributed by atoms with Gasteiger partial charge in [0.1, 0.15) is 0 Å². The number of alkyl halides is 1. The van der Waals surface area contributed by atoms with E-state index >= 15 is 0 Å². The predicted molar refractivity (Wildman–Crippen MR) is 59.2 cm³/mol. The van der Waals surface area contributed by atoms with Crippen LogP contribution in [0.5, 0.6) is 0 Å². The maximum absolute atomic E-state index is 11.1. The van der Waals surface area contributed by atoms with Crippen molar-refractivity contribution in [3.05, 3.63) is 42.0 Å². The van der Waals surface area contributed by atoms with Crippen LogP contribution in [0.2, 0.25) is 0 Å². The molecule has 1 amide bonds. The Balaban J connectivity index is 2.44. The number of rotatable bonds is 4. The van der Waals surface area contributed by atoms with Crippen LogP contribution in [0.4, 0.5) is 0 Å². The van der Waals surface area contributed by atoms with Gasteiger partial charge >= 0.3 is 0 Å². The van der Waals surface area contributed by atoms with Crippen LogP contribution in [0.3, 0.4) is 0 Å². The van der Waals surface area contributed by atoms with Crippen LogP contribution < -0.4 is 5.32 Å². The fourth-order valence-corrected chi connectivity index (χ4v) is 1.06. The molecule has 0 saturated heterocycles. The molecule has 1 aromatic rings. The molecular formula is C11H12ClNO. The van der Waals surface area contributed by atoms with Gasteiger partial charge in [0.2, 0.25) is 5.91 Å². The molecule has 74 valence electrons. The molecule has 0 heterocycles. The Morgan fingerprint density at radius 3 is 2.71 bits per heavy atom. The number of halogens is 1. The highest BCUT2D eigenvalue weighted by molar-refractivity contribution is 6.18. The molecule has 0 fully saturated rings. The molecule has 14 heavy (non-hydrogen) atoms. The lowest BCUT2D eigenvalue weighted by molar-refractivity contribution is -0.116. The van der Waals surface area contributed by atoms with E-state index in [-0.39, 0.29) is 5.91 Å². The molecule has 0 aromatic heterocycles. The Kier molecular flexibility index (Phi) is 4.79. The van der Waals surface area contributed by atoms with Gasteiger partial charge in [-0.05, 0) is 11.6 Å². The molecule has 0 unspecified atom stereocenters. The summed E-state index contributed by atoms with van der Waals surface area (Å²) in [7, 11) is 0. The van der Waals surface area contributed by atoms with Gasteiger partial charge in [0.15, 0.2) is 0 Å². The maximum atomic E-state index is 11.1. The first-order valence-corrected chi connectivity index (χ1v) is 4.93.